The largest absolute Gasteiger partial charge is 0.456 e. The maximum absolute atomic E-state index is 6.18. The van der Waals surface area contributed by atoms with Gasteiger partial charge in [0.25, 0.3) is 0 Å². The topological polar surface area (TPSA) is 36.1 Å². The molecule has 0 aliphatic heterocycles. The summed E-state index contributed by atoms with van der Waals surface area (Å²) in [5.41, 5.74) is 14.7. The zero-order chi connectivity index (χ0) is 33.9. The highest BCUT2D eigenvalue weighted by Gasteiger charge is 2.21. The van der Waals surface area contributed by atoms with Gasteiger partial charge in [-0.05, 0) is 103 Å². The second-order valence-electron chi connectivity index (χ2n) is 14.0. The maximum Gasteiger partial charge on any atom is 0.135 e. The van der Waals surface area contributed by atoms with Gasteiger partial charge < -0.3 is 18.0 Å². The number of nitrogens with zero attached hydrogens (tertiary/aromatic N) is 2. The predicted molar refractivity (Wildman–Crippen MR) is 215 cm³/mol. The highest BCUT2D eigenvalue weighted by atomic mass is 16.3. The molecule has 0 N–H and O–H groups in total. The van der Waals surface area contributed by atoms with Crippen molar-refractivity contribution < 1.29 is 8.83 Å². The van der Waals surface area contributed by atoms with Gasteiger partial charge in [-0.2, -0.15) is 0 Å². The lowest BCUT2D eigenvalue weighted by atomic mass is 9.98. The Kier molecular flexibility index (Phi) is 5.58. The molecule has 0 saturated heterocycles. The summed E-state index contributed by atoms with van der Waals surface area (Å²) in [5.74, 6) is 0. The Morgan fingerprint density at radius 3 is 1.63 bits per heavy atom. The summed E-state index contributed by atoms with van der Waals surface area (Å²) in [6.07, 6.45) is 6.68. The van der Waals surface area contributed by atoms with Gasteiger partial charge in [0, 0.05) is 60.3 Å². The first kappa shape index (κ1) is 28.0. The van der Waals surface area contributed by atoms with Crippen molar-refractivity contribution in [3.63, 3.8) is 0 Å². The second kappa shape index (κ2) is 10.4. The van der Waals surface area contributed by atoms with Gasteiger partial charge in [0.2, 0.25) is 0 Å². The first-order valence-electron chi connectivity index (χ1n) is 18.0. The molecule has 4 aromatic heterocycles. The molecular weight excluding hydrogens is 637 g/mol. The summed E-state index contributed by atoms with van der Waals surface area (Å²) in [5, 5.41) is 8.34. The van der Waals surface area contributed by atoms with Crippen LogP contribution in [0.5, 0.6) is 0 Å². The third kappa shape index (κ3) is 3.86. The number of fused-ring (bicyclic) bond motifs is 12. The van der Waals surface area contributed by atoms with Gasteiger partial charge in [-0.25, -0.2) is 0 Å². The van der Waals surface area contributed by atoms with Crippen molar-refractivity contribution in [1.29, 1.82) is 0 Å². The van der Waals surface area contributed by atoms with Crippen LogP contribution in [-0.4, -0.2) is 9.13 Å². The Morgan fingerprint density at radius 1 is 0.404 bits per heavy atom. The number of hydrogen-bond acceptors (Lipinski definition) is 2. The van der Waals surface area contributed by atoms with E-state index in [4.69, 9.17) is 8.83 Å². The third-order valence-electron chi connectivity index (χ3n) is 11.2. The molecule has 4 heteroatoms. The van der Waals surface area contributed by atoms with Crippen LogP contribution in [0, 0.1) is 0 Å². The smallest absolute Gasteiger partial charge is 0.135 e. The molecule has 12 rings (SSSR count). The Morgan fingerprint density at radius 2 is 0.942 bits per heavy atom. The standard InChI is InChI=1S/C48H30N2O2/c1-5-13-41-33(9-1)37-25-29(17-21-43(37)49(41)31-19-23-47-39(27-31)35-11-3-7-15-45(35)51-47)30-18-22-44-38(26-30)34-10-2-6-14-42(34)50(44)32-20-24-48-40(28-32)36-12-4-8-16-46(36)52-48/h1-5,7-13,15-28H,6,14H2. The van der Waals surface area contributed by atoms with E-state index in [-0.39, 0.29) is 0 Å². The van der Waals surface area contributed by atoms with Crippen LogP contribution in [0.15, 0.2) is 161 Å². The van der Waals surface area contributed by atoms with Gasteiger partial charge in [-0.15, -0.1) is 0 Å². The molecule has 1 aliphatic carbocycles. The van der Waals surface area contributed by atoms with Gasteiger partial charge in [0.05, 0.1) is 16.6 Å². The van der Waals surface area contributed by atoms with Crippen LogP contribution in [0.1, 0.15) is 17.7 Å². The Hall–Kier alpha value is -6.78. The first-order valence-corrected chi connectivity index (χ1v) is 18.0. The summed E-state index contributed by atoms with van der Waals surface area (Å²) < 4.78 is 17.2. The Balaban J connectivity index is 1.03. The van der Waals surface area contributed by atoms with E-state index in [1.165, 1.54) is 60.8 Å². The van der Waals surface area contributed by atoms with E-state index < -0.39 is 0 Å². The fourth-order valence-corrected chi connectivity index (χ4v) is 8.83. The molecule has 0 unspecified atom stereocenters. The van der Waals surface area contributed by atoms with Crippen molar-refractivity contribution in [2.24, 2.45) is 0 Å². The van der Waals surface area contributed by atoms with Crippen LogP contribution in [0.25, 0.3) is 105 Å². The van der Waals surface area contributed by atoms with E-state index in [1.54, 1.807) is 0 Å². The zero-order valence-electron chi connectivity index (χ0n) is 28.1. The Labute approximate surface area is 298 Å². The van der Waals surface area contributed by atoms with E-state index >= 15 is 0 Å². The number of benzene rings is 7. The average Bonchev–Trinajstić information content (AvgIpc) is 3.94. The number of aromatic nitrogens is 2. The van der Waals surface area contributed by atoms with Gasteiger partial charge in [-0.3, -0.25) is 0 Å². The minimum atomic E-state index is 0.907. The number of para-hydroxylation sites is 3. The Bertz CT molecular complexity index is 3310. The molecule has 4 heterocycles. The summed E-state index contributed by atoms with van der Waals surface area (Å²) in [4.78, 5) is 0. The van der Waals surface area contributed by atoms with Crippen molar-refractivity contribution in [1.82, 2.24) is 9.13 Å². The fourth-order valence-electron chi connectivity index (χ4n) is 8.83. The molecule has 0 bridgehead atoms. The molecule has 52 heavy (non-hydrogen) atoms. The highest BCUT2D eigenvalue weighted by molar-refractivity contribution is 6.12. The number of allylic oxidation sites excluding steroid dienone is 1. The normalized spacial score (nSPS) is 13.2. The molecule has 7 aromatic carbocycles. The SMILES string of the molecule is C1=Cc2c(n(-c3ccc4oc5ccccc5c4c3)c3ccc(-c4ccc5c(c4)c4ccccc4n5-c4ccc5oc6ccccc6c5c4)cc23)CC1. The van der Waals surface area contributed by atoms with Crippen molar-refractivity contribution >= 4 is 82.7 Å². The van der Waals surface area contributed by atoms with Crippen molar-refractivity contribution in [3.05, 3.63) is 163 Å². The zero-order valence-corrected chi connectivity index (χ0v) is 28.1. The number of hydrogen-bond donors (Lipinski definition) is 0. The third-order valence-corrected chi connectivity index (χ3v) is 11.2. The van der Waals surface area contributed by atoms with Crippen LogP contribution < -0.4 is 0 Å². The monoisotopic (exact) mass is 666 g/mol. The highest BCUT2D eigenvalue weighted by Crippen LogP contribution is 2.41. The van der Waals surface area contributed by atoms with Crippen molar-refractivity contribution in [2.45, 2.75) is 12.8 Å². The van der Waals surface area contributed by atoms with Gasteiger partial charge in [0.15, 0.2) is 0 Å². The molecule has 1 aliphatic rings. The predicted octanol–water partition coefficient (Wildman–Crippen LogP) is 13.2. The van der Waals surface area contributed by atoms with E-state index in [1.807, 2.05) is 24.3 Å². The molecule has 0 saturated carbocycles. The van der Waals surface area contributed by atoms with Crippen LogP contribution in [-0.2, 0) is 6.42 Å². The van der Waals surface area contributed by atoms with Gasteiger partial charge in [-0.1, -0.05) is 78.9 Å². The summed E-state index contributed by atoms with van der Waals surface area (Å²) in [7, 11) is 0. The van der Waals surface area contributed by atoms with Crippen molar-refractivity contribution in [3.8, 4) is 22.5 Å². The fraction of sp³-hybridized carbons (Fsp3) is 0.0417. The lowest BCUT2D eigenvalue weighted by molar-refractivity contribution is 0.668. The van der Waals surface area contributed by atoms with Crippen LogP contribution >= 0.6 is 0 Å². The van der Waals surface area contributed by atoms with E-state index in [2.05, 4.69) is 143 Å². The molecule has 0 radical (unpaired) electrons. The molecule has 0 spiro atoms. The molecular formula is C48H30N2O2. The van der Waals surface area contributed by atoms with Gasteiger partial charge in [0.1, 0.15) is 22.3 Å². The van der Waals surface area contributed by atoms with Crippen LogP contribution in [0.2, 0.25) is 0 Å². The molecule has 0 fully saturated rings. The first-order chi connectivity index (χ1) is 25.8. The molecule has 0 amide bonds. The van der Waals surface area contributed by atoms with Crippen LogP contribution in [0.4, 0.5) is 0 Å². The van der Waals surface area contributed by atoms with Crippen molar-refractivity contribution in [2.75, 3.05) is 0 Å². The molecule has 4 nitrogen and oxygen atoms in total. The molecule has 0 atom stereocenters. The summed E-state index contributed by atoms with van der Waals surface area (Å²) in [6, 6.07) is 52.4. The van der Waals surface area contributed by atoms with E-state index in [9.17, 15) is 0 Å². The van der Waals surface area contributed by atoms with Crippen LogP contribution in [0.3, 0.4) is 0 Å². The van der Waals surface area contributed by atoms with Gasteiger partial charge >= 0.3 is 0 Å². The summed E-state index contributed by atoms with van der Waals surface area (Å²) in [6.45, 7) is 0. The lowest BCUT2D eigenvalue weighted by Gasteiger charge is -2.13. The maximum atomic E-state index is 6.18. The lowest BCUT2D eigenvalue weighted by Crippen LogP contribution is -2.02. The second-order valence-corrected chi connectivity index (χ2v) is 14.0. The summed E-state index contributed by atoms with van der Waals surface area (Å²) >= 11 is 0. The van der Waals surface area contributed by atoms with E-state index in [0.29, 0.717) is 0 Å². The number of furan rings is 2. The minimum absolute atomic E-state index is 0.907. The molecule has 11 aromatic rings. The minimum Gasteiger partial charge on any atom is -0.456 e. The molecule has 244 valence electrons. The number of rotatable bonds is 3. The quantitative estimate of drug-likeness (QED) is 0.188. The van der Waals surface area contributed by atoms with E-state index in [0.717, 1.165) is 62.4 Å². The average molecular weight is 667 g/mol.